The number of hydrogen-bond donors (Lipinski definition) is 10. The summed E-state index contributed by atoms with van der Waals surface area (Å²) in [5.41, 5.74) is 6.05. The van der Waals surface area contributed by atoms with Crippen LogP contribution in [0, 0.1) is 115 Å². The van der Waals surface area contributed by atoms with E-state index in [9.17, 15) is 100 Å². The largest absolute Gasteiger partial charge is 0.460 e. The summed E-state index contributed by atoms with van der Waals surface area (Å²) < 4.78 is 36.9. The Morgan fingerprint density at radius 3 is 1.47 bits per heavy atom. The van der Waals surface area contributed by atoms with E-state index in [1.54, 1.807) is 66.0 Å². The predicted molar refractivity (Wildman–Crippen MR) is 558 cm³/mol. The molecule has 3 aliphatic carbocycles. The van der Waals surface area contributed by atoms with Crippen molar-refractivity contribution < 1.29 is 118 Å². The molecule has 4 saturated heterocycles. The summed E-state index contributed by atoms with van der Waals surface area (Å²) >= 11 is 0. The summed E-state index contributed by atoms with van der Waals surface area (Å²) in [7, 11) is 3.02. The number of carbonyl (C=O) groups is 6. The fourth-order valence-corrected chi connectivity index (χ4v) is 24.1. The van der Waals surface area contributed by atoms with Gasteiger partial charge in [-0.3, -0.25) is 39.4 Å². The third kappa shape index (κ3) is 31.2. The van der Waals surface area contributed by atoms with E-state index >= 15 is 0 Å². The number of cyclic esters (lactones) is 2. The van der Waals surface area contributed by atoms with Crippen molar-refractivity contribution in [3.05, 3.63) is 181 Å². The zero-order chi connectivity index (χ0) is 107. The van der Waals surface area contributed by atoms with Crippen LogP contribution in [-0.4, -0.2) is 242 Å². The molecule has 4 bridgehead atoms. The van der Waals surface area contributed by atoms with Crippen LogP contribution in [0.15, 0.2) is 144 Å². The predicted octanol–water partition coefficient (Wildman–Crippen LogP) is 16.7. The normalized spacial score (nSPS) is 39.5. The highest BCUT2D eigenvalue weighted by atomic mass is 16.7. The van der Waals surface area contributed by atoms with Gasteiger partial charge in [-0.1, -0.05) is 197 Å². The summed E-state index contributed by atoms with van der Waals surface area (Å²) in [5, 5.41) is 139. The van der Waals surface area contributed by atoms with E-state index in [0.717, 1.165) is 47.1 Å². The third-order valence-electron chi connectivity index (χ3n) is 33.8. The second kappa shape index (κ2) is 55.0. The minimum absolute atomic E-state index is 0.00604. The van der Waals surface area contributed by atoms with E-state index in [1.165, 1.54) is 35.1 Å². The molecule has 812 valence electrons. The van der Waals surface area contributed by atoms with Gasteiger partial charge in [0.25, 0.3) is 34.8 Å². The smallest absolute Gasteiger partial charge is 0.329 e. The molecular weight excluding hydrogens is 1870 g/mol. The first kappa shape index (κ1) is 119. The van der Waals surface area contributed by atoms with Crippen molar-refractivity contribution in [2.75, 3.05) is 27.3 Å². The molecule has 11 rings (SSSR count). The van der Waals surface area contributed by atoms with E-state index in [4.69, 9.17) is 28.4 Å². The monoisotopic (exact) mass is 2040 g/mol. The molecule has 10 N–H and O–H groups in total. The molecule has 9 aliphatic rings. The lowest BCUT2D eigenvalue weighted by molar-refractivity contribution is -0.385. The van der Waals surface area contributed by atoms with Crippen LogP contribution >= 0.6 is 0 Å². The number of piperidine rings is 2. The number of hydrogen-bond acceptors (Lipinski definition) is 26. The number of Topliss-reactive ketones (excluding diaryl/α,β-unsaturated/α-hetero) is 2. The summed E-state index contributed by atoms with van der Waals surface area (Å²) in [6.45, 7) is 30.4. The summed E-state index contributed by atoms with van der Waals surface area (Å²) in [6.07, 6.45) is 26.5. The Labute approximate surface area is 865 Å². The number of aliphatic hydroxyl groups excluding tert-OH is 8. The quantitative estimate of drug-likeness (QED) is 0.0293. The molecule has 8 unspecified atom stereocenters. The van der Waals surface area contributed by atoms with Gasteiger partial charge >= 0.3 is 11.9 Å². The van der Waals surface area contributed by atoms with Crippen LogP contribution in [0.4, 0.5) is 11.4 Å². The number of ketones is 2. The molecule has 30 heteroatoms. The van der Waals surface area contributed by atoms with Gasteiger partial charge in [0.15, 0.2) is 0 Å². The Kier molecular flexibility index (Phi) is 45.0. The number of ether oxygens (including phenoxy) is 6. The second-order valence-corrected chi connectivity index (χ2v) is 45.2. The highest BCUT2D eigenvalue weighted by Gasteiger charge is 2.56. The topological polar surface area (TPSA) is 453 Å². The van der Waals surface area contributed by atoms with Crippen molar-refractivity contribution in [3.63, 3.8) is 0 Å². The fourth-order valence-electron chi connectivity index (χ4n) is 24.1. The molecule has 6 fully saturated rings. The molecule has 0 radical (unpaired) electrons. The van der Waals surface area contributed by atoms with Crippen LogP contribution in [0.1, 0.15) is 282 Å². The molecule has 6 heterocycles. The number of fused-ring (bicyclic) bond motifs is 7. The molecule has 146 heavy (non-hydrogen) atoms. The van der Waals surface area contributed by atoms with Gasteiger partial charge < -0.3 is 89.3 Å². The maximum Gasteiger partial charge on any atom is 0.329 e. The number of amides is 2. The zero-order valence-corrected chi connectivity index (χ0v) is 89.6. The van der Waals surface area contributed by atoms with Crippen LogP contribution in [0.5, 0.6) is 0 Å². The Hall–Kier alpha value is -8.44. The van der Waals surface area contributed by atoms with E-state index in [1.807, 2.05) is 142 Å². The molecule has 2 aromatic carbocycles. The minimum Gasteiger partial charge on any atom is -0.460 e. The van der Waals surface area contributed by atoms with Crippen molar-refractivity contribution in [1.82, 2.24) is 9.80 Å². The highest BCUT2D eigenvalue weighted by Crippen LogP contribution is 2.48. The van der Waals surface area contributed by atoms with E-state index in [0.29, 0.717) is 132 Å². The SMILES string of the molecule is CO[C@H]1[C@@H](O)[C@H](C)C[C@H](C)/C=C/C=C/C=C(\C)C(C2=CCc3c2cccc3[N+](=O)[O-])CC2CC[C@@H](C)[C@@](O)(O2)C(=O)C(=O)N2CCCC[C@H]2C(=O)OC([C@H](C)CC2CC[C@@H](O)[C@H](OC)C2)CC(O)[C@H](C)/C=C(\C)[C@H]1O.C\C1=C/C=C/C=C/[C@@H](C)C[C@@H](C)[C@H](O)[C@H](C)[C@H](O)/C(C)=C/[C@@H](C)C(O)C[C@@H]([C@H](C)C[C@@H]2CC[C@@H](O)[C@H](C)C2)OC(=O)C2CCCCN2C(=O)C(=O)[C@]2(O)OC(CC[C@H]2C)C[C@@H]1Cc1ccc([N+](=O)[O-])cc1. The van der Waals surface area contributed by atoms with Gasteiger partial charge in [-0.05, 0) is 269 Å². The lowest BCUT2D eigenvalue weighted by atomic mass is 9.75. The number of non-ortho nitro benzene ring substituents is 1. The third-order valence-corrected chi connectivity index (χ3v) is 33.8. The number of esters is 2. The van der Waals surface area contributed by atoms with Crippen LogP contribution in [0.3, 0.4) is 0 Å². The molecule has 2 saturated carbocycles. The number of nitrogens with zero attached hydrogens (tertiary/aromatic N) is 4. The average molecular weight is 2040 g/mol. The van der Waals surface area contributed by atoms with E-state index in [-0.39, 0.29) is 139 Å². The van der Waals surface area contributed by atoms with Gasteiger partial charge in [-0.25, -0.2) is 9.59 Å². The molecule has 6 aliphatic heterocycles. The number of nitro benzene ring substituents is 2. The highest BCUT2D eigenvalue weighted by molar-refractivity contribution is 6.39. The van der Waals surface area contributed by atoms with Gasteiger partial charge in [0.2, 0.25) is 11.6 Å². The first-order valence-corrected chi connectivity index (χ1v) is 54.1. The van der Waals surface area contributed by atoms with Crippen molar-refractivity contribution in [3.8, 4) is 0 Å². The van der Waals surface area contributed by atoms with Gasteiger partial charge in [0, 0.05) is 99.4 Å². The van der Waals surface area contributed by atoms with Crippen LogP contribution in [0.25, 0.3) is 5.57 Å². The minimum atomic E-state index is -2.52. The summed E-state index contributed by atoms with van der Waals surface area (Å²) in [6, 6.07) is 9.14. The molecule has 0 aromatic heterocycles. The first-order valence-electron chi connectivity index (χ1n) is 54.1. The molecule has 34 atom stereocenters. The number of carbonyl (C=O) groups excluding carboxylic acids is 6. The first-order chi connectivity index (χ1) is 69.1. The summed E-state index contributed by atoms with van der Waals surface area (Å²) in [5.74, 6) is -14.6. The Morgan fingerprint density at radius 2 is 0.973 bits per heavy atom. The number of nitro groups is 2. The summed E-state index contributed by atoms with van der Waals surface area (Å²) in [4.78, 5) is 112. The Balaban J connectivity index is 0.000000300. The molecule has 0 spiro atoms. The van der Waals surface area contributed by atoms with Crippen molar-refractivity contribution in [2.24, 2.45) is 94.7 Å². The van der Waals surface area contributed by atoms with Crippen molar-refractivity contribution in [2.45, 2.75) is 387 Å². The van der Waals surface area contributed by atoms with Crippen LogP contribution in [-0.2, 0) is 70.0 Å². The standard InChI is InChI=1S/C59H86N2O14.C57H86N2O12/c1-34-16-11-10-12-17-35(2)46(44-24-25-45-43(44)18-15-20-47(45)61(70)71)32-42-23-21-40(7)59(69,75-42)56(66)57(67)60-27-14-13-19-48(60)58(68)74-51(37(4)30-41-22-26-49(62)52(31-41)72-8)33-50(63)36(3)29-39(6)54(65)55(73-9)53(64)38(5)28-34;1-34-15-11-10-12-16-35(2)45(31-43-19-22-46(23-20-43)59(68)69)32-47-24-18-41(8)57(67,71-47)54(64)55(65)58-26-14-13-17-48(58)56(66)70-51(38(5)30-44-21-25-49(60)37(4)29-44)33-50(61)36(3)28-40(7)53(63)42(9)52(62)39(6)27-34/h10-12,15-18,20,24,29,34,36-38,40-42,46,48-55,62-65,69H,13-14,19,21-23,25-28,30-33H2,1-9H3;10-12,15-16,19-20,22-23,28,34,36-39,41-42,44-45,47-53,60-63,67H,13-14,17-18,21,24-27,29-33H2,1-9H3/b12-10+,16-11+,35-17+,39-29+;12-10+,15-11+,35-16+,40-28+/t34-,36-,37-,38-,40-,41?,42?,46?,48+,49-,50?,51?,52-,53+,54-,55+,59-;34-,36-,37-,38-,39-,41-,42+,44-,45+,47?,48?,49-,50?,51+,52+,53-,57-/m11/s1. The van der Waals surface area contributed by atoms with Crippen LogP contribution < -0.4 is 0 Å². The molecular formula is C116H172N4O26. The lowest BCUT2D eigenvalue weighted by Crippen LogP contribution is -2.60. The molecule has 2 amide bonds. The van der Waals surface area contributed by atoms with Crippen LogP contribution in [0.2, 0.25) is 0 Å². The maximum atomic E-state index is 14.6. The Bertz CT molecular complexity index is 4980. The van der Waals surface area contributed by atoms with Gasteiger partial charge in [-0.2, -0.15) is 0 Å². The lowest BCUT2D eigenvalue weighted by Gasteiger charge is -2.43. The van der Waals surface area contributed by atoms with Gasteiger partial charge in [-0.15, -0.1) is 0 Å². The van der Waals surface area contributed by atoms with Gasteiger partial charge in [0.05, 0.1) is 70.9 Å². The van der Waals surface area contributed by atoms with Crippen molar-refractivity contribution in [1.29, 1.82) is 0 Å². The number of methoxy groups -OCH3 is 2. The second-order valence-electron chi connectivity index (χ2n) is 45.2. The van der Waals surface area contributed by atoms with Gasteiger partial charge in [0.1, 0.15) is 36.5 Å². The zero-order valence-electron chi connectivity index (χ0n) is 89.6. The maximum absolute atomic E-state index is 14.6. The molecule has 30 nitrogen and oxygen atoms in total. The number of benzene rings is 2. The molecule has 2 aromatic rings. The van der Waals surface area contributed by atoms with E-state index in [2.05, 4.69) is 13.0 Å². The van der Waals surface area contributed by atoms with Crippen molar-refractivity contribution >= 4 is 52.3 Å². The number of allylic oxidation sites excluding steroid dienone is 14. The average Bonchev–Trinajstić information content (AvgIpc) is 1.35. The Morgan fingerprint density at radius 1 is 0.486 bits per heavy atom. The van der Waals surface area contributed by atoms with E-state index < -0.39 is 167 Å². The number of rotatable bonds is 13. The fraction of sp³-hybridized carbons (Fsp3) is 0.690. The number of aliphatic hydroxyl groups is 10.